The molecule has 2 rings (SSSR count). The van der Waals surface area contributed by atoms with Crippen molar-refractivity contribution >= 4 is 0 Å². The van der Waals surface area contributed by atoms with Crippen molar-refractivity contribution in [1.29, 1.82) is 0 Å². The molecule has 0 radical (unpaired) electrons. The fourth-order valence-electron chi connectivity index (χ4n) is 2.83. The Morgan fingerprint density at radius 1 is 0.421 bits per heavy atom. The lowest BCUT2D eigenvalue weighted by Gasteiger charge is -2.24. The quantitative estimate of drug-likeness (QED) is 0.432. The van der Waals surface area contributed by atoms with Gasteiger partial charge in [0.25, 0.3) is 0 Å². The zero-order valence-corrected chi connectivity index (χ0v) is 15.3. The van der Waals surface area contributed by atoms with E-state index in [1.165, 1.54) is 44.9 Å². The Hall–Kier alpha value is 0. The molecule has 0 amide bonds. The fraction of sp³-hybridized carbons (Fsp3) is 1.00. The third-order valence-electron chi connectivity index (χ3n) is 4.83. The van der Waals surface area contributed by atoms with E-state index in [1.807, 2.05) is 27.7 Å². The predicted molar refractivity (Wildman–Crippen MR) is 91.7 cm³/mol. The normalized spacial score (nSPS) is 32.8. The molecule has 0 aromatic heterocycles. The zero-order valence-electron chi connectivity index (χ0n) is 15.3. The monoisotopic (exact) mass is 270 g/mol. The van der Waals surface area contributed by atoms with Crippen molar-refractivity contribution in [3.05, 3.63) is 0 Å². The van der Waals surface area contributed by atoms with Gasteiger partial charge in [0.1, 0.15) is 0 Å². The maximum absolute atomic E-state index is 2.38. The van der Waals surface area contributed by atoms with Crippen molar-refractivity contribution in [2.24, 2.45) is 23.7 Å². The Bertz CT molecular complexity index is 143. The van der Waals surface area contributed by atoms with Crippen LogP contribution < -0.4 is 0 Å². The van der Waals surface area contributed by atoms with Crippen molar-refractivity contribution in [3.63, 3.8) is 0 Å². The SMILES string of the molecule is CC.CC.CC1CCCC1C.CC1CCCCC1C. The van der Waals surface area contributed by atoms with E-state index in [1.54, 1.807) is 0 Å². The molecule has 0 aromatic carbocycles. The van der Waals surface area contributed by atoms with E-state index >= 15 is 0 Å². The van der Waals surface area contributed by atoms with E-state index in [0.29, 0.717) is 0 Å². The molecule has 0 spiro atoms. The molecule has 4 unspecified atom stereocenters. The molecule has 0 heteroatoms. The van der Waals surface area contributed by atoms with Crippen molar-refractivity contribution in [3.8, 4) is 0 Å². The average Bonchev–Trinajstić information content (AvgIpc) is 2.83. The average molecular weight is 271 g/mol. The fourth-order valence-corrected chi connectivity index (χ4v) is 2.83. The standard InChI is InChI=1S/C8H16.C7H14.2C2H6/c1-7-5-3-4-6-8(7)2;1-6-4-3-5-7(6)2;2*1-2/h7-8H,3-6H2,1-2H3;6-7H,3-5H2,1-2H3;2*1-2H3. The highest BCUT2D eigenvalue weighted by Crippen LogP contribution is 2.30. The Kier molecular flexibility index (Phi) is 16.2. The second-order valence-electron chi connectivity index (χ2n) is 6.12. The first kappa shape index (κ1) is 21.3. The van der Waals surface area contributed by atoms with Gasteiger partial charge in [0.15, 0.2) is 0 Å². The van der Waals surface area contributed by atoms with E-state index in [0.717, 1.165) is 23.7 Å². The van der Waals surface area contributed by atoms with Gasteiger partial charge >= 0.3 is 0 Å². The van der Waals surface area contributed by atoms with Gasteiger partial charge in [-0.15, -0.1) is 0 Å². The largest absolute Gasteiger partial charge is 0.0683 e. The van der Waals surface area contributed by atoms with Crippen LogP contribution >= 0.6 is 0 Å². The van der Waals surface area contributed by atoms with E-state index in [2.05, 4.69) is 27.7 Å². The Morgan fingerprint density at radius 2 is 0.632 bits per heavy atom. The maximum atomic E-state index is 2.38. The minimum Gasteiger partial charge on any atom is -0.0683 e. The van der Waals surface area contributed by atoms with Crippen LogP contribution in [0.25, 0.3) is 0 Å². The lowest BCUT2D eigenvalue weighted by atomic mass is 9.82. The third-order valence-corrected chi connectivity index (χ3v) is 4.83. The summed E-state index contributed by atoms with van der Waals surface area (Å²) in [6.45, 7) is 17.5. The van der Waals surface area contributed by atoms with E-state index < -0.39 is 0 Å². The van der Waals surface area contributed by atoms with Gasteiger partial charge in [-0.05, 0) is 23.7 Å². The van der Waals surface area contributed by atoms with Crippen LogP contribution in [0.5, 0.6) is 0 Å². The molecule has 2 saturated carbocycles. The summed E-state index contributed by atoms with van der Waals surface area (Å²) in [5.74, 6) is 4.03. The van der Waals surface area contributed by atoms with Gasteiger partial charge in [-0.2, -0.15) is 0 Å². The molecule has 2 aliphatic carbocycles. The van der Waals surface area contributed by atoms with Crippen molar-refractivity contribution in [1.82, 2.24) is 0 Å². The van der Waals surface area contributed by atoms with Gasteiger partial charge < -0.3 is 0 Å². The van der Waals surface area contributed by atoms with Gasteiger partial charge in [0.05, 0.1) is 0 Å². The highest BCUT2D eigenvalue weighted by molar-refractivity contribution is 4.69. The molecular formula is C19H42. The molecule has 0 nitrogen and oxygen atoms in total. The van der Waals surface area contributed by atoms with Crippen LogP contribution in [-0.4, -0.2) is 0 Å². The molecular weight excluding hydrogens is 228 g/mol. The van der Waals surface area contributed by atoms with E-state index in [9.17, 15) is 0 Å². The van der Waals surface area contributed by atoms with E-state index in [-0.39, 0.29) is 0 Å². The van der Waals surface area contributed by atoms with Crippen LogP contribution in [0, 0.1) is 23.7 Å². The van der Waals surface area contributed by atoms with Crippen molar-refractivity contribution in [2.75, 3.05) is 0 Å². The highest BCUT2D eigenvalue weighted by Gasteiger charge is 2.17. The summed E-state index contributed by atoms with van der Waals surface area (Å²) in [4.78, 5) is 0. The third kappa shape index (κ3) is 10.4. The molecule has 4 atom stereocenters. The maximum Gasteiger partial charge on any atom is -0.0417 e. The van der Waals surface area contributed by atoms with E-state index in [4.69, 9.17) is 0 Å². The zero-order chi connectivity index (χ0) is 15.3. The summed E-state index contributed by atoms with van der Waals surface area (Å²) >= 11 is 0. The second kappa shape index (κ2) is 14.4. The van der Waals surface area contributed by atoms with Crippen LogP contribution in [0.2, 0.25) is 0 Å². The van der Waals surface area contributed by atoms with Gasteiger partial charge in [0, 0.05) is 0 Å². The van der Waals surface area contributed by atoms with Crippen LogP contribution in [0.4, 0.5) is 0 Å². The van der Waals surface area contributed by atoms with Crippen molar-refractivity contribution < 1.29 is 0 Å². The molecule has 0 heterocycles. The van der Waals surface area contributed by atoms with Crippen LogP contribution in [0.1, 0.15) is 100 Å². The second-order valence-corrected chi connectivity index (χ2v) is 6.12. The molecule has 118 valence electrons. The molecule has 19 heavy (non-hydrogen) atoms. The first-order valence-electron chi connectivity index (χ1n) is 9.11. The highest BCUT2D eigenvalue weighted by atomic mass is 14.2. The minimum atomic E-state index is 1.00. The molecule has 2 aliphatic rings. The Labute approximate surface area is 124 Å². The number of rotatable bonds is 0. The van der Waals surface area contributed by atoms with Gasteiger partial charge in [-0.25, -0.2) is 0 Å². The molecule has 0 aliphatic heterocycles. The van der Waals surface area contributed by atoms with Gasteiger partial charge in [-0.3, -0.25) is 0 Å². The van der Waals surface area contributed by atoms with Gasteiger partial charge in [-0.1, -0.05) is 100 Å². The van der Waals surface area contributed by atoms with Gasteiger partial charge in [0.2, 0.25) is 0 Å². The summed E-state index contributed by atoms with van der Waals surface area (Å²) in [7, 11) is 0. The molecule has 0 aromatic rings. The summed E-state index contributed by atoms with van der Waals surface area (Å²) < 4.78 is 0. The number of hydrogen-bond acceptors (Lipinski definition) is 0. The smallest absolute Gasteiger partial charge is 0.0417 e. The number of hydrogen-bond donors (Lipinski definition) is 0. The Balaban J connectivity index is 0. The summed E-state index contributed by atoms with van der Waals surface area (Å²) in [5.41, 5.74) is 0. The van der Waals surface area contributed by atoms with Crippen LogP contribution in [0.3, 0.4) is 0 Å². The summed E-state index contributed by atoms with van der Waals surface area (Å²) in [6.07, 6.45) is 10.3. The van der Waals surface area contributed by atoms with Crippen LogP contribution in [0.15, 0.2) is 0 Å². The lowest BCUT2D eigenvalue weighted by Crippen LogP contribution is -2.12. The molecule has 0 saturated heterocycles. The van der Waals surface area contributed by atoms with Crippen molar-refractivity contribution in [2.45, 2.75) is 100 Å². The summed E-state index contributed by atoms with van der Waals surface area (Å²) in [5, 5.41) is 0. The topological polar surface area (TPSA) is 0 Å². The van der Waals surface area contributed by atoms with Crippen LogP contribution in [-0.2, 0) is 0 Å². The minimum absolute atomic E-state index is 1.00. The Morgan fingerprint density at radius 3 is 0.789 bits per heavy atom. The predicted octanol–water partition coefficient (Wildman–Crippen LogP) is 7.33. The lowest BCUT2D eigenvalue weighted by molar-refractivity contribution is 0.277. The molecule has 0 bridgehead atoms. The first-order chi connectivity index (χ1) is 9.11. The molecule has 2 fully saturated rings. The summed E-state index contributed by atoms with van der Waals surface area (Å²) in [6, 6.07) is 0. The molecule has 0 N–H and O–H groups in total. The first-order valence-corrected chi connectivity index (χ1v) is 9.11.